The van der Waals surface area contributed by atoms with Gasteiger partial charge in [-0.3, -0.25) is 4.79 Å². The maximum atomic E-state index is 13.1. The fourth-order valence-corrected chi connectivity index (χ4v) is 2.36. The summed E-state index contributed by atoms with van der Waals surface area (Å²) in [6.45, 7) is 10.8. The van der Waals surface area contributed by atoms with Crippen LogP contribution in [0.2, 0.25) is 0 Å². The smallest absolute Gasteiger partial charge is 0.365 e. The van der Waals surface area contributed by atoms with Crippen molar-refractivity contribution >= 4 is 11.6 Å². The molecule has 4 nitrogen and oxygen atoms in total. The van der Waals surface area contributed by atoms with Gasteiger partial charge in [-0.15, -0.1) is 0 Å². The molecule has 1 fully saturated rings. The van der Waals surface area contributed by atoms with Gasteiger partial charge in [-0.05, 0) is 32.8 Å². The minimum atomic E-state index is -4.55. The number of piperidine rings is 1. The molecule has 0 aromatic heterocycles. The number of allylic oxidation sites excluding steroid dienone is 2. The number of likely N-dealkylation sites (tertiary alicyclic amines) is 1. The fourth-order valence-electron chi connectivity index (χ4n) is 2.36. The SMILES string of the molecule is C=CC(=O)N1CCCC(N/C(N=C(C)C)=C(/C=C)C(F)(F)F)C1. The van der Waals surface area contributed by atoms with Gasteiger partial charge >= 0.3 is 6.18 Å². The van der Waals surface area contributed by atoms with Crippen molar-refractivity contribution in [1.82, 2.24) is 10.2 Å². The van der Waals surface area contributed by atoms with Crippen LogP contribution in [0.1, 0.15) is 26.7 Å². The lowest BCUT2D eigenvalue weighted by molar-refractivity contribution is -0.127. The number of carbonyl (C=O) groups is 1. The van der Waals surface area contributed by atoms with Gasteiger partial charge in [0.25, 0.3) is 0 Å². The highest BCUT2D eigenvalue weighted by molar-refractivity contribution is 5.87. The third kappa shape index (κ3) is 5.58. The predicted octanol–water partition coefficient (Wildman–Crippen LogP) is 3.19. The number of carbonyl (C=O) groups excluding carboxylic acids is 1. The molecule has 0 aromatic rings. The monoisotopic (exact) mass is 329 g/mol. The van der Waals surface area contributed by atoms with Crippen molar-refractivity contribution in [1.29, 1.82) is 0 Å². The lowest BCUT2D eigenvalue weighted by atomic mass is 10.1. The molecule has 1 saturated heterocycles. The second kappa shape index (κ2) is 7.99. The number of alkyl halides is 3. The molecular formula is C16H22F3N3O. The van der Waals surface area contributed by atoms with Crippen LogP contribution in [0.15, 0.2) is 41.7 Å². The molecule has 7 heteroatoms. The summed E-state index contributed by atoms with van der Waals surface area (Å²) in [5.41, 5.74) is -0.420. The first kappa shape index (κ1) is 19.0. The van der Waals surface area contributed by atoms with E-state index in [0.717, 1.165) is 6.08 Å². The first-order chi connectivity index (χ1) is 10.7. The number of aliphatic imine (C=N–C) groups is 1. The molecule has 1 aliphatic heterocycles. The Kier molecular flexibility index (Phi) is 6.60. The van der Waals surface area contributed by atoms with Crippen molar-refractivity contribution in [2.75, 3.05) is 13.1 Å². The first-order valence-corrected chi connectivity index (χ1v) is 7.32. The van der Waals surface area contributed by atoms with Crippen LogP contribution >= 0.6 is 0 Å². The number of hydrogen-bond donors (Lipinski definition) is 1. The lowest BCUT2D eigenvalue weighted by Crippen LogP contribution is -2.47. The molecule has 0 aliphatic carbocycles. The van der Waals surface area contributed by atoms with Crippen LogP contribution < -0.4 is 5.32 Å². The topological polar surface area (TPSA) is 44.7 Å². The van der Waals surface area contributed by atoms with Gasteiger partial charge in [-0.25, -0.2) is 4.99 Å². The van der Waals surface area contributed by atoms with Crippen LogP contribution in [0.3, 0.4) is 0 Å². The molecule has 1 aliphatic rings. The van der Waals surface area contributed by atoms with Gasteiger partial charge in [0.2, 0.25) is 5.91 Å². The summed E-state index contributed by atoms with van der Waals surface area (Å²) in [5, 5.41) is 2.83. The quantitative estimate of drug-likeness (QED) is 0.478. The average Bonchev–Trinajstić information content (AvgIpc) is 2.45. The van der Waals surface area contributed by atoms with Crippen molar-refractivity contribution in [2.24, 2.45) is 4.99 Å². The Morgan fingerprint density at radius 3 is 2.43 bits per heavy atom. The largest absolute Gasteiger partial charge is 0.419 e. The van der Waals surface area contributed by atoms with E-state index in [4.69, 9.17) is 0 Å². The second-order valence-corrected chi connectivity index (χ2v) is 5.50. The van der Waals surface area contributed by atoms with Gasteiger partial charge in [0.1, 0.15) is 5.82 Å². The van der Waals surface area contributed by atoms with Crippen molar-refractivity contribution in [3.05, 3.63) is 36.7 Å². The van der Waals surface area contributed by atoms with Crippen molar-refractivity contribution in [3.8, 4) is 0 Å². The summed E-state index contributed by atoms with van der Waals surface area (Å²) >= 11 is 0. The molecule has 0 saturated carbocycles. The summed E-state index contributed by atoms with van der Waals surface area (Å²) in [4.78, 5) is 17.2. The molecule has 1 heterocycles. The standard InChI is InChI=1S/C16H22F3N3O/c1-5-13(16(17,18)19)15(20-11(3)4)21-12-8-7-9-22(10-12)14(23)6-2/h5-6,12,21H,1-2,7-10H2,3-4H3/b15-13-. The number of nitrogens with one attached hydrogen (secondary N) is 1. The maximum Gasteiger partial charge on any atom is 0.419 e. The molecule has 0 spiro atoms. The molecule has 1 amide bonds. The summed E-state index contributed by atoms with van der Waals surface area (Å²) in [6.07, 6.45) is -1.23. The zero-order chi connectivity index (χ0) is 17.6. The van der Waals surface area contributed by atoms with Crippen molar-refractivity contribution in [2.45, 2.75) is 38.9 Å². The van der Waals surface area contributed by atoms with E-state index in [0.29, 0.717) is 31.6 Å². The minimum Gasteiger partial charge on any atom is -0.365 e. The summed E-state index contributed by atoms with van der Waals surface area (Å²) in [7, 11) is 0. The van der Waals surface area contributed by atoms with E-state index in [2.05, 4.69) is 23.5 Å². The van der Waals surface area contributed by atoms with Crippen LogP contribution in [0.5, 0.6) is 0 Å². The minimum absolute atomic E-state index is 0.225. The van der Waals surface area contributed by atoms with E-state index in [1.165, 1.54) is 6.08 Å². The molecule has 0 radical (unpaired) electrons. The molecular weight excluding hydrogens is 307 g/mol. The Hall–Kier alpha value is -2.05. The zero-order valence-electron chi connectivity index (χ0n) is 13.4. The molecule has 23 heavy (non-hydrogen) atoms. The van der Waals surface area contributed by atoms with Crippen molar-refractivity contribution in [3.63, 3.8) is 0 Å². The lowest BCUT2D eigenvalue weighted by Gasteiger charge is -2.33. The average molecular weight is 329 g/mol. The highest BCUT2D eigenvalue weighted by Crippen LogP contribution is 2.29. The third-order valence-corrected chi connectivity index (χ3v) is 3.35. The highest BCUT2D eigenvalue weighted by Gasteiger charge is 2.35. The number of amides is 1. The van der Waals surface area contributed by atoms with Gasteiger partial charge in [0.05, 0.1) is 5.57 Å². The number of halogens is 3. The van der Waals surface area contributed by atoms with Crippen LogP contribution in [0, 0.1) is 0 Å². The third-order valence-electron chi connectivity index (χ3n) is 3.35. The summed E-state index contributed by atoms with van der Waals surface area (Å²) < 4.78 is 39.4. The Morgan fingerprint density at radius 2 is 1.96 bits per heavy atom. The van der Waals surface area contributed by atoms with E-state index >= 15 is 0 Å². The van der Waals surface area contributed by atoms with Gasteiger partial charge in [0, 0.05) is 24.8 Å². The fraction of sp³-hybridized carbons (Fsp3) is 0.500. The van der Waals surface area contributed by atoms with E-state index in [1.807, 2.05) is 0 Å². The number of rotatable bonds is 5. The first-order valence-electron chi connectivity index (χ1n) is 7.32. The molecule has 0 aromatic carbocycles. The Labute approximate surface area is 134 Å². The molecule has 1 rings (SSSR count). The summed E-state index contributed by atoms with van der Waals surface area (Å²) in [6, 6.07) is -0.303. The Balaban J connectivity index is 3.05. The molecule has 1 atom stereocenters. The van der Waals surface area contributed by atoms with Gasteiger partial charge in [-0.1, -0.05) is 19.2 Å². The van der Waals surface area contributed by atoms with Crippen LogP contribution in [-0.2, 0) is 4.79 Å². The maximum absolute atomic E-state index is 13.1. The Bertz CT molecular complexity index is 531. The van der Waals surface area contributed by atoms with Crippen molar-refractivity contribution < 1.29 is 18.0 Å². The van der Waals surface area contributed by atoms with Crippen LogP contribution in [-0.4, -0.2) is 41.8 Å². The number of nitrogens with zero attached hydrogens (tertiary/aromatic N) is 2. The molecule has 128 valence electrons. The molecule has 1 unspecified atom stereocenters. The van der Waals surface area contributed by atoms with Crippen LogP contribution in [0.4, 0.5) is 13.2 Å². The summed E-state index contributed by atoms with van der Waals surface area (Å²) in [5.74, 6) is -0.484. The van der Waals surface area contributed by atoms with Crippen LogP contribution in [0.25, 0.3) is 0 Å². The van der Waals surface area contributed by atoms with Gasteiger partial charge in [0.15, 0.2) is 0 Å². The van der Waals surface area contributed by atoms with E-state index < -0.39 is 11.7 Å². The van der Waals surface area contributed by atoms with E-state index in [1.54, 1.807) is 18.7 Å². The Morgan fingerprint density at radius 1 is 1.30 bits per heavy atom. The van der Waals surface area contributed by atoms with E-state index in [-0.39, 0.29) is 17.8 Å². The van der Waals surface area contributed by atoms with E-state index in [9.17, 15) is 18.0 Å². The second-order valence-electron chi connectivity index (χ2n) is 5.50. The zero-order valence-corrected chi connectivity index (χ0v) is 13.4. The highest BCUT2D eigenvalue weighted by atomic mass is 19.4. The normalized spacial score (nSPS) is 19.5. The molecule has 0 bridgehead atoms. The number of hydrogen-bond acceptors (Lipinski definition) is 3. The molecule has 1 N–H and O–H groups in total. The van der Waals surface area contributed by atoms with Gasteiger partial charge in [-0.2, -0.15) is 13.2 Å². The predicted molar refractivity (Wildman–Crippen MR) is 85.0 cm³/mol. The van der Waals surface area contributed by atoms with Gasteiger partial charge < -0.3 is 10.2 Å².